The summed E-state index contributed by atoms with van der Waals surface area (Å²) >= 11 is 17.2. The summed E-state index contributed by atoms with van der Waals surface area (Å²) in [7, 11) is 0. The number of carbonyl (C=O) groups is 1. The standard InChI is InChI=1S/C7H3Cl3N2OS/c8-7(9,10)6(13)12-5-4(3-11)1-2-14-5/h1-2H,(H,12,13). The van der Waals surface area contributed by atoms with Crippen molar-refractivity contribution >= 4 is 57.0 Å². The van der Waals surface area contributed by atoms with E-state index in [-0.39, 0.29) is 0 Å². The van der Waals surface area contributed by atoms with Crippen molar-refractivity contribution in [3.05, 3.63) is 17.0 Å². The molecule has 0 unspecified atom stereocenters. The van der Waals surface area contributed by atoms with Gasteiger partial charge in [-0.15, -0.1) is 11.3 Å². The number of hydrogen-bond donors (Lipinski definition) is 1. The summed E-state index contributed by atoms with van der Waals surface area (Å²) in [6, 6.07) is 3.47. The smallest absolute Gasteiger partial charge is 0.277 e. The van der Waals surface area contributed by atoms with E-state index in [1.807, 2.05) is 6.07 Å². The van der Waals surface area contributed by atoms with Gasteiger partial charge in [0.2, 0.25) is 0 Å². The van der Waals surface area contributed by atoms with Gasteiger partial charge in [-0.2, -0.15) is 5.26 Å². The van der Waals surface area contributed by atoms with Gasteiger partial charge >= 0.3 is 0 Å². The minimum absolute atomic E-state index is 0.345. The fourth-order valence-electron chi connectivity index (χ4n) is 0.668. The quantitative estimate of drug-likeness (QED) is 0.797. The van der Waals surface area contributed by atoms with Crippen molar-refractivity contribution in [3.8, 4) is 6.07 Å². The number of hydrogen-bond acceptors (Lipinski definition) is 3. The first-order chi connectivity index (χ1) is 6.45. The molecule has 0 saturated heterocycles. The molecule has 1 N–H and O–H groups in total. The summed E-state index contributed by atoms with van der Waals surface area (Å²) in [5.41, 5.74) is 0.345. The summed E-state index contributed by atoms with van der Waals surface area (Å²) in [5.74, 6) is -0.776. The largest absolute Gasteiger partial charge is 0.313 e. The maximum atomic E-state index is 11.2. The van der Waals surface area contributed by atoms with Gasteiger partial charge in [-0.1, -0.05) is 34.8 Å². The number of amides is 1. The molecule has 0 radical (unpaired) electrons. The molecule has 0 bridgehead atoms. The summed E-state index contributed by atoms with van der Waals surface area (Å²) in [6.07, 6.45) is 0. The molecule has 14 heavy (non-hydrogen) atoms. The van der Waals surface area contributed by atoms with Gasteiger partial charge in [0.1, 0.15) is 11.1 Å². The number of rotatable bonds is 1. The molecule has 74 valence electrons. The lowest BCUT2D eigenvalue weighted by Crippen LogP contribution is -2.26. The van der Waals surface area contributed by atoms with Crippen LogP contribution in [0.25, 0.3) is 0 Å². The molecule has 0 spiro atoms. The second-order valence-corrected chi connectivity index (χ2v) is 5.42. The van der Waals surface area contributed by atoms with Crippen molar-refractivity contribution in [1.29, 1.82) is 5.26 Å². The zero-order chi connectivity index (χ0) is 10.8. The molecule has 0 saturated carbocycles. The second-order valence-electron chi connectivity index (χ2n) is 2.23. The van der Waals surface area contributed by atoms with Crippen LogP contribution in [0.3, 0.4) is 0 Å². The van der Waals surface area contributed by atoms with Crippen LogP contribution in [-0.4, -0.2) is 9.70 Å². The third kappa shape index (κ3) is 2.76. The molecule has 3 nitrogen and oxygen atoms in total. The first-order valence-electron chi connectivity index (χ1n) is 3.31. The van der Waals surface area contributed by atoms with Gasteiger partial charge in [0, 0.05) is 0 Å². The van der Waals surface area contributed by atoms with Gasteiger partial charge in [0.15, 0.2) is 0 Å². The van der Waals surface area contributed by atoms with Gasteiger partial charge < -0.3 is 5.32 Å². The van der Waals surface area contributed by atoms with E-state index in [4.69, 9.17) is 40.1 Å². The Balaban J connectivity index is 2.81. The van der Waals surface area contributed by atoms with Crippen LogP contribution >= 0.6 is 46.1 Å². The van der Waals surface area contributed by atoms with E-state index >= 15 is 0 Å². The molecule has 1 aromatic rings. The summed E-state index contributed by atoms with van der Waals surface area (Å²) in [5, 5.41) is 13.0. The lowest BCUT2D eigenvalue weighted by atomic mass is 10.3. The molecule has 1 aromatic heterocycles. The Morgan fingerprint density at radius 3 is 2.71 bits per heavy atom. The van der Waals surface area contributed by atoms with Gasteiger partial charge in [-0.25, -0.2) is 0 Å². The highest BCUT2D eigenvalue weighted by Crippen LogP contribution is 2.30. The Labute approximate surface area is 99.2 Å². The van der Waals surface area contributed by atoms with Crippen LogP contribution < -0.4 is 5.32 Å². The van der Waals surface area contributed by atoms with Crippen molar-refractivity contribution in [3.63, 3.8) is 0 Å². The lowest BCUT2D eigenvalue weighted by Gasteiger charge is -2.09. The number of alkyl halides is 3. The van der Waals surface area contributed by atoms with Crippen LogP contribution in [0.1, 0.15) is 5.56 Å². The van der Waals surface area contributed by atoms with E-state index in [2.05, 4.69) is 5.32 Å². The Morgan fingerprint density at radius 1 is 1.57 bits per heavy atom. The number of nitrogens with one attached hydrogen (secondary N) is 1. The van der Waals surface area contributed by atoms with E-state index < -0.39 is 9.70 Å². The molecule has 1 amide bonds. The van der Waals surface area contributed by atoms with E-state index in [1.165, 1.54) is 11.3 Å². The van der Waals surface area contributed by atoms with Crippen molar-refractivity contribution in [2.24, 2.45) is 0 Å². The molecule has 0 aromatic carbocycles. The van der Waals surface area contributed by atoms with Gasteiger partial charge in [0.05, 0.1) is 5.56 Å². The Kier molecular flexibility index (Phi) is 3.62. The first kappa shape index (κ1) is 11.6. The molecule has 1 heterocycles. The number of nitriles is 1. The normalized spacial score (nSPS) is 10.7. The minimum atomic E-state index is -2.02. The van der Waals surface area contributed by atoms with Crippen LogP contribution in [0.4, 0.5) is 5.00 Å². The molecular formula is C7H3Cl3N2OS. The van der Waals surface area contributed by atoms with Crippen LogP contribution in [0, 0.1) is 11.3 Å². The molecule has 0 aliphatic rings. The molecule has 1 rings (SSSR count). The molecule has 0 fully saturated rings. The first-order valence-corrected chi connectivity index (χ1v) is 5.32. The maximum Gasteiger partial charge on any atom is 0.277 e. The third-order valence-electron chi connectivity index (χ3n) is 1.27. The third-order valence-corrected chi connectivity index (χ3v) is 2.61. The molecular weight excluding hydrogens is 267 g/mol. The van der Waals surface area contributed by atoms with E-state index in [1.54, 1.807) is 11.4 Å². The second kappa shape index (κ2) is 4.37. The fourth-order valence-corrected chi connectivity index (χ4v) is 1.54. The van der Waals surface area contributed by atoms with Crippen LogP contribution in [0.5, 0.6) is 0 Å². The van der Waals surface area contributed by atoms with Crippen molar-refractivity contribution in [2.45, 2.75) is 3.79 Å². The average molecular weight is 270 g/mol. The number of nitrogens with zero attached hydrogens (tertiary/aromatic N) is 1. The van der Waals surface area contributed by atoms with Crippen LogP contribution in [-0.2, 0) is 4.79 Å². The van der Waals surface area contributed by atoms with E-state index in [0.29, 0.717) is 10.6 Å². The highest BCUT2D eigenvalue weighted by Gasteiger charge is 2.31. The zero-order valence-electron chi connectivity index (χ0n) is 6.55. The summed E-state index contributed by atoms with van der Waals surface area (Å²) < 4.78 is -2.02. The van der Waals surface area contributed by atoms with Gasteiger partial charge in [0.25, 0.3) is 9.70 Å². The monoisotopic (exact) mass is 268 g/mol. The number of anilines is 1. The van der Waals surface area contributed by atoms with E-state index in [0.717, 1.165) is 0 Å². The maximum absolute atomic E-state index is 11.2. The molecule has 7 heteroatoms. The van der Waals surface area contributed by atoms with Crippen molar-refractivity contribution < 1.29 is 4.79 Å². The lowest BCUT2D eigenvalue weighted by molar-refractivity contribution is -0.115. The SMILES string of the molecule is N#Cc1ccsc1NC(=O)C(Cl)(Cl)Cl. The number of halogens is 3. The Hall–Kier alpha value is -0.470. The fraction of sp³-hybridized carbons (Fsp3) is 0.143. The highest BCUT2D eigenvalue weighted by atomic mass is 35.6. The molecule has 0 aliphatic carbocycles. The molecule has 0 atom stereocenters. The van der Waals surface area contributed by atoms with Crippen LogP contribution in [0.15, 0.2) is 11.4 Å². The van der Waals surface area contributed by atoms with Gasteiger partial charge in [-0.3, -0.25) is 4.79 Å². The van der Waals surface area contributed by atoms with Gasteiger partial charge in [-0.05, 0) is 11.4 Å². The number of carbonyl (C=O) groups excluding carboxylic acids is 1. The Morgan fingerprint density at radius 2 is 2.21 bits per heavy atom. The number of thiophene rings is 1. The summed E-state index contributed by atoms with van der Waals surface area (Å²) in [4.78, 5) is 11.2. The zero-order valence-corrected chi connectivity index (χ0v) is 9.64. The minimum Gasteiger partial charge on any atom is -0.313 e. The van der Waals surface area contributed by atoms with Crippen molar-refractivity contribution in [2.75, 3.05) is 5.32 Å². The highest BCUT2D eigenvalue weighted by molar-refractivity contribution is 7.14. The average Bonchev–Trinajstić information content (AvgIpc) is 2.50. The molecule has 0 aliphatic heterocycles. The predicted molar refractivity (Wildman–Crippen MR) is 58.0 cm³/mol. The topological polar surface area (TPSA) is 52.9 Å². The van der Waals surface area contributed by atoms with E-state index in [9.17, 15) is 4.79 Å². The summed E-state index contributed by atoms with van der Waals surface area (Å²) in [6.45, 7) is 0. The van der Waals surface area contributed by atoms with Crippen molar-refractivity contribution in [1.82, 2.24) is 0 Å². The Bertz CT molecular complexity index is 390. The van der Waals surface area contributed by atoms with Crippen LogP contribution in [0.2, 0.25) is 0 Å². The predicted octanol–water partition coefficient (Wildman–Crippen LogP) is 2.93.